The van der Waals surface area contributed by atoms with Crippen molar-refractivity contribution in [2.75, 3.05) is 23.4 Å². The smallest absolute Gasteiger partial charge is 0.235 e. The fraction of sp³-hybridized carbons (Fsp3) is 0.421. The summed E-state index contributed by atoms with van der Waals surface area (Å²) in [5.74, 6) is 1.41. The van der Waals surface area contributed by atoms with Gasteiger partial charge < -0.3 is 20.9 Å². The Hall–Kier alpha value is -2.03. The SMILES string of the molecule is Cc1cc(NC(=O)CSCC(=O)NCC(N)c2ccc(C(C)C)cc2)no1.Cl. The van der Waals surface area contributed by atoms with Crippen molar-refractivity contribution in [1.82, 2.24) is 10.5 Å². The van der Waals surface area contributed by atoms with E-state index in [2.05, 4.69) is 41.8 Å². The zero-order chi connectivity index (χ0) is 19.8. The number of aryl methyl sites for hydroxylation is 1. The summed E-state index contributed by atoms with van der Waals surface area (Å²) in [6.07, 6.45) is 0. The first-order chi connectivity index (χ1) is 12.8. The van der Waals surface area contributed by atoms with Crippen molar-refractivity contribution in [3.8, 4) is 0 Å². The lowest BCUT2D eigenvalue weighted by molar-refractivity contribution is -0.118. The minimum atomic E-state index is -0.265. The Morgan fingerprint density at radius 1 is 1.14 bits per heavy atom. The molecular weight excluding hydrogens is 400 g/mol. The van der Waals surface area contributed by atoms with E-state index in [1.54, 1.807) is 13.0 Å². The Morgan fingerprint density at radius 2 is 1.75 bits per heavy atom. The number of rotatable bonds is 9. The van der Waals surface area contributed by atoms with Crippen LogP contribution in [0.5, 0.6) is 0 Å². The molecule has 4 N–H and O–H groups in total. The van der Waals surface area contributed by atoms with Crippen molar-refractivity contribution in [3.05, 3.63) is 47.2 Å². The number of hydrogen-bond donors (Lipinski definition) is 3. The van der Waals surface area contributed by atoms with Crippen LogP contribution in [0, 0.1) is 6.92 Å². The Kier molecular flexibility index (Phi) is 10.1. The standard InChI is InChI=1S/C19H26N4O3S.ClH/c1-12(2)14-4-6-15(7-5-14)16(20)9-21-18(24)10-27-11-19(25)22-17-8-13(3)26-23-17;/h4-8,12,16H,9-11,20H2,1-3H3,(H,21,24)(H,22,23,25);1H. The molecule has 2 rings (SSSR count). The lowest BCUT2D eigenvalue weighted by atomic mass is 9.99. The monoisotopic (exact) mass is 426 g/mol. The molecule has 1 atom stereocenters. The first-order valence-electron chi connectivity index (χ1n) is 8.78. The van der Waals surface area contributed by atoms with Gasteiger partial charge in [-0.15, -0.1) is 24.2 Å². The van der Waals surface area contributed by atoms with Gasteiger partial charge in [-0.1, -0.05) is 43.3 Å². The van der Waals surface area contributed by atoms with E-state index < -0.39 is 0 Å². The lowest BCUT2D eigenvalue weighted by Crippen LogP contribution is -2.33. The van der Waals surface area contributed by atoms with Gasteiger partial charge in [-0.05, 0) is 24.0 Å². The highest BCUT2D eigenvalue weighted by molar-refractivity contribution is 8.00. The van der Waals surface area contributed by atoms with Crippen LogP contribution in [-0.4, -0.2) is 35.0 Å². The molecule has 28 heavy (non-hydrogen) atoms. The van der Waals surface area contributed by atoms with Crippen molar-refractivity contribution in [3.63, 3.8) is 0 Å². The number of carbonyl (C=O) groups excluding carboxylic acids is 2. The van der Waals surface area contributed by atoms with Crippen LogP contribution in [0.3, 0.4) is 0 Å². The summed E-state index contributed by atoms with van der Waals surface area (Å²) in [4.78, 5) is 23.7. The van der Waals surface area contributed by atoms with Gasteiger partial charge in [-0.25, -0.2) is 0 Å². The quantitative estimate of drug-likeness (QED) is 0.568. The van der Waals surface area contributed by atoms with E-state index >= 15 is 0 Å². The van der Waals surface area contributed by atoms with Crippen LogP contribution in [0.25, 0.3) is 0 Å². The van der Waals surface area contributed by atoms with Crippen LogP contribution >= 0.6 is 24.2 Å². The second-order valence-electron chi connectivity index (χ2n) is 6.60. The predicted molar refractivity (Wildman–Crippen MR) is 115 cm³/mol. The third kappa shape index (κ3) is 7.92. The molecule has 0 aliphatic carbocycles. The molecule has 0 aliphatic rings. The fourth-order valence-electron chi connectivity index (χ4n) is 2.36. The van der Waals surface area contributed by atoms with Crippen molar-refractivity contribution >= 4 is 41.8 Å². The van der Waals surface area contributed by atoms with Gasteiger partial charge in [0.15, 0.2) is 5.82 Å². The van der Waals surface area contributed by atoms with E-state index in [-0.39, 0.29) is 41.8 Å². The third-order valence-corrected chi connectivity index (χ3v) is 4.84. The molecule has 0 aliphatic heterocycles. The molecule has 0 radical (unpaired) electrons. The predicted octanol–water partition coefficient (Wildman–Crippen LogP) is 3.02. The minimum absolute atomic E-state index is 0. The van der Waals surface area contributed by atoms with Crippen LogP contribution in [0.1, 0.15) is 42.7 Å². The second kappa shape index (κ2) is 11.7. The highest BCUT2D eigenvalue weighted by atomic mass is 35.5. The van der Waals surface area contributed by atoms with E-state index in [0.717, 1.165) is 5.56 Å². The fourth-order valence-corrected chi connectivity index (χ4v) is 3.01. The number of carbonyl (C=O) groups is 2. The first kappa shape index (κ1) is 24.0. The molecule has 7 nitrogen and oxygen atoms in total. The van der Waals surface area contributed by atoms with Gasteiger partial charge in [0.1, 0.15) is 5.76 Å². The van der Waals surface area contributed by atoms with Crippen LogP contribution in [0.2, 0.25) is 0 Å². The number of amides is 2. The summed E-state index contributed by atoms with van der Waals surface area (Å²) in [5.41, 5.74) is 8.37. The summed E-state index contributed by atoms with van der Waals surface area (Å²) in [6, 6.07) is 9.48. The molecule has 1 aromatic carbocycles. The maximum atomic E-state index is 11.9. The number of aromatic nitrogens is 1. The molecule has 2 amide bonds. The van der Waals surface area contributed by atoms with E-state index in [0.29, 0.717) is 24.0 Å². The summed E-state index contributed by atoms with van der Waals surface area (Å²) in [6.45, 7) is 6.37. The van der Waals surface area contributed by atoms with Crippen LogP contribution in [-0.2, 0) is 9.59 Å². The molecule has 154 valence electrons. The molecule has 1 unspecified atom stereocenters. The summed E-state index contributed by atoms with van der Waals surface area (Å²) in [5, 5.41) is 9.09. The van der Waals surface area contributed by atoms with Crippen LogP contribution < -0.4 is 16.4 Å². The van der Waals surface area contributed by atoms with Gasteiger partial charge >= 0.3 is 0 Å². The van der Waals surface area contributed by atoms with E-state index in [9.17, 15) is 9.59 Å². The van der Waals surface area contributed by atoms with Gasteiger partial charge in [0.25, 0.3) is 0 Å². The van der Waals surface area contributed by atoms with Crippen molar-refractivity contribution in [1.29, 1.82) is 0 Å². The number of nitrogens with two attached hydrogens (primary N) is 1. The maximum absolute atomic E-state index is 11.9. The van der Waals surface area contributed by atoms with Gasteiger partial charge in [0.2, 0.25) is 11.8 Å². The van der Waals surface area contributed by atoms with E-state index in [4.69, 9.17) is 10.3 Å². The van der Waals surface area contributed by atoms with Gasteiger partial charge in [-0.3, -0.25) is 9.59 Å². The number of nitrogens with one attached hydrogen (secondary N) is 2. The molecule has 0 fully saturated rings. The Bertz CT molecular complexity index is 765. The Morgan fingerprint density at radius 3 is 2.32 bits per heavy atom. The van der Waals surface area contributed by atoms with Crippen molar-refractivity contribution in [2.24, 2.45) is 5.73 Å². The molecule has 9 heteroatoms. The third-order valence-electron chi connectivity index (χ3n) is 3.91. The molecule has 0 bridgehead atoms. The van der Waals surface area contributed by atoms with Crippen molar-refractivity contribution < 1.29 is 14.1 Å². The largest absolute Gasteiger partial charge is 0.360 e. The number of benzene rings is 1. The summed E-state index contributed by atoms with van der Waals surface area (Å²) >= 11 is 1.22. The normalized spacial score (nSPS) is 11.6. The number of thioether (sulfide) groups is 1. The summed E-state index contributed by atoms with van der Waals surface area (Å²) < 4.78 is 4.87. The average molecular weight is 427 g/mol. The number of halogens is 1. The highest BCUT2D eigenvalue weighted by Gasteiger charge is 2.11. The Labute approximate surface area is 175 Å². The lowest BCUT2D eigenvalue weighted by Gasteiger charge is -2.14. The zero-order valence-corrected chi connectivity index (χ0v) is 17.9. The average Bonchev–Trinajstić information content (AvgIpc) is 3.04. The van der Waals surface area contributed by atoms with Gasteiger partial charge in [0, 0.05) is 18.7 Å². The Balaban J connectivity index is 0.00000392. The van der Waals surface area contributed by atoms with Crippen molar-refractivity contribution in [2.45, 2.75) is 32.7 Å². The van der Waals surface area contributed by atoms with Gasteiger partial charge in [0.05, 0.1) is 11.5 Å². The molecule has 2 aromatic rings. The van der Waals surface area contributed by atoms with Crippen LogP contribution in [0.4, 0.5) is 5.82 Å². The number of hydrogen-bond acceptors (Lipinski definition) is 6. The second-order valence-corrected chi connectivity index (χ2v) is 7.58. The highest BCUT2D eigenvalue weighted by Crippen LogP contribution is 2.17. The number of nitrogens with zero attached hydrogens (tertiary/aromatic N) is 1. The molecule has 0 saturated carbocycles. The minimum Gasteiger partial charge on any atom is -0.360 e. The maximum Gasteiger partial charge on any atom is 0.235 e. The topological polar surface area (TPSA) is 110 Å². The molecule has 0 saturated heterocycles. The molecular formula is C19H27ClN4O3S. The molecule has 0 spiro atoms. The van der Waals surface area contributed by atoms with Gasteiger partial charge in [-0.2, -0.15) is 0 Å². The number of anilines is 1. The molecule has 1 aromatic heterocycles. The summed E-state index contributed by atoms with van der Waals surface area (Å²) in [7, 11) is 0. The zero-order valence-electron chi connectivity index (χ0n) is 16.2. The molecule has 1 heterocycles. The van der Waals surface area contributed by atoms with Crippen LogP contribution in [0.15, 0.2) is 34.9 Å². The first-order valence-corrected chi connectivity index (χ1v) is 9.93. The van der Waals surface area contributed by atoms with E-state index in [1.807, 2.05) is 12.1 Å². The van der Waals surface area contributed by atoms with E-state index in [1.165, 1.54) is 17.3 Å².